The van der Waals surface area contributed by atoms with E-state index in [1.165, 1.54) is 0 Å². The highest BCUT2D eigenvalue weighted by molar-refractivity contribution is 5.88. The molecule has 0 radical (unpaired) electrons. The molecule has 0 aliphatic rings. The van der Waals surface area contributed by atoms with Crippen LogP contribution in [0.25, 0.3) is 5.57 Å². The number of aromatic nitrogens is 4. The lowest BCUT2D eigenvalue weighted by Gasteiger charge is -2.02. The molecule has 0 saturated heterocycles. The summed E-state index contributed by atoms with van der Waals surface area (Å²) in [7, 11) is 0. The van der Waals surface area contributed by atoms with Crippen LogP contribution in [0.4, 0.5) is 10.7 Å². The summed E-state index contributed by atoms with van der Waals surface area (Å²) in [5, 5.41) is 5.24. The molecular weight excluding hydrogens is 256 g/mol. The fraction of sp³-hybridized carbons (Fsp3) is 0.231. The number of carbonyl (C=O) groups excluding carboxylic acids is 1. The van der Waals surface area contributed by atoms with E-state index in [0.717, 1.165) is 5.69 Å². The Morgan fingerprint density at radius 3 is 2.75 bits per heavy atom. The number of urea groups is 1. The summed E-state index contributed by atoms with van der Waals surface area (Å²) in [6.45, 7) is 8.18. The minimum atomic E-state index is -0.311. The molecule has 104 valence electrons. The third kappa shape index (κ3) is 3.00. The van der Waals surface area contributed by atoms with Gasteiger partial charge in [-0.1, -0.05) is 6.58 Å². The lowest BCUT2D eigenvalue weighted by atomic mass is 10.2. The topological polar surface area (TPSA) is 95.6 Å². The minimum absolute atomic E-state index is 0.311. The summed E-state index contributed by atoms with van der Waals surface area (Å²) in [6, 6.07) is 1.42. The first-order valence-electron chi connectivity index (χ1n) is 6.20. The van der Waals surface area contributed by atoms with Crippen molar-refractivity contribution in [3.63, 3.8) is 0 Å². The molecule has 0 saturated carbocycles. The van der Waals surface area contributed by atoms with E-state index in [1.807, 2.05) is 13.8 Å². The Kier molecular flexibility index (Phi) is 4.09. The number of hydrogen-bond acceptors (Lipinski definition) is 4. The molecule has 0 atom stereocenters. The van der Waals surface area contributed by atoms with Gasteiger partial charge in [0.2, 0.25) is 5.95 Å². The third-order valence-electron chi connectivity index (χ3n) is 2.58. The van der Waals surface area contributed by atoms with Crippen LogP contribution < -0.4 is 10.6 Å². The molecule has 0 fully saturated rings. The van der Waals surface area contributed by atoms with Crippen LogP contribution in [-0.4, -0.2) is 32.5 Å². The predicted molar refractivity (Wildman–Crippen MR) is 76.2 cm³/mol. The van der Waals surface area contributed by atoms with Crippen LogP contribution in [0.15, 0.2) is 25.0 Å². The van der Waals surface area contributed by atoms with Crippen molar-refractivity contribution in [2.45, 2.75) is 13.8 Å². The van der Waals surface area contributed by atoms with Crippen molar-refractivity contribution in [2.24, 2.45) is 0 Å². The van der Waals surface area contributed by atoms with Crippen LogP contribution in [0.1, 0.15) is 24.1 Å². The number of hydrogen-bond donors (Lipinski definition) is 3. The number of carbonyl (C=O) groups is 1. The maximum absolute atomic E-state index is 11.4. The van der Waals surface area contributed by atoms with E-state index in [9.17, 15) is 4.79 Å². The van der Waals surface area contributed by atoms with Gasteiger partial charge < -0.3 is 10.3 Å². The van der Waals surface area contributed by atoms with Gasteiger partial charge in [-0.15, -0.1) is 0 Å². The van der Waals surface area contributed by atoms with Gasteiger partial charge in [-0.25, -0.2) is 19.7 Å². The third-order valence-corrected chi connectivity index (χ3v) is 2.58. The Morgan fingerprint density at radius 2 is 2.10 bits per heavy atom. The highest BCUT2D eigenvalue weighted by atomic mass is 16.2. The standard InChI is InChI=1S/C13H16N6O/c1-4-14-13(20)19-12-17-9(3)10(18-12)8(2)11-15-6-5-7-16-11/h5-7H,2,4H2,1,3H3,(H3,14,17,18,19,20). The Morgan fingerprint density at radius 1 is 1.40 bits per heavy atom. The molecule has 0 aliphatic heterocycles. The van der Waals surface area contributed by atoms with E-state index in [4.69, 9.17) is 0 Å². The lowest BCUT2D eigenvalue weighted by molar-refractivity contribution is 0.252. The molecule has 0 bridgehead atoms. The molecule has 2 amide bonds. The van der Waals surface area contributed by atoms with Crippen LogP contribution in [0.3, 0.4) is 0 Å². The number of H-pyrrole nitrogens is 1. The maximum Gasteiger partial charge on any atom is 0.321 e. The van der Waals surface area contributed by atoms with Crippen LogP contribution in [0.2, 0.25) is 0 Å². The summed E-state index contributed by atoms with van der Waals surface area (Å²) in [4.78, 5) is 27.0. The number of amides is 2. The Hall–Kier alpha value is -2.70. The summed E-state index contributed by atoms with van der Waals surface area (Å²) < 4.78 is 0. The number of aromatic amines is 1. The van der Waals surface area contributed by atoms with Crippen molar-refractivity contribution in [3.05, 3.63) is 42.3 Å². The van der Waals surface area contributed by atoms with Gasteiger partial charge >= 0.3 is 6.03 Å². The number of anilines is 1. The van der Waals surface area contributed by atoms with Crippen LogP contribution in [0, 0.1) is 6.92 Å². The van der Waals surface area contributed by atoms with Crippen molar-refractivity contribution in [2.75, 3.05) is 11.9 Å². The fourth-order valence-electron chi connectivity index (χ4n) is 1.69. The van der Waals surface area contributed by atoms with Crippen molar-refractivity contribution in [1.82, 2.24) is 25.3 Å². The van der Waals surface area contributed by atoms with Crippen molar-refractivity contribution in [3.8, 4) is 0 Å². The van der Waals surface area contributed by atoms with Gasteiger partial charge in [0.1, 0.15) is 0 Å². The zero-order valence-electron chi connectivity index (χ0n) is 11.4. The number of nitrogens with one attached hydrogen (secondary N) is 3. The first kappa shape index (κ1) is 13.7. The van der Waals surface area contributed by atoms with Crippen LogP contribution in [0.5, 0.6) is 0 Å². The lowest BCUT2D eigenvalue weighted by Crippen LogP contribution is -2.28. The summed E-state index contributed by atoms with van der Waals surface area (Å²) in [5.41, 5.74) is 2.01. The number of aryl methyl sites for hydroxylation is 1. The molecule has 2 heterocycles. The molecule has 0 unspecified atom stereocenters. The Labute approximate surface area is 116 Å². The quantitative estimate of drug-likeness (QED) is 0.789. The molecule has 3 N–H and O–H groups in total. The first-order valence-corrected chi connectivity index (χ1v) is 6.20. The maximum atomic E-state index is 11.4. The van der Waals surface area contributed by atoms with E-state index in [2.05, 4.69) is 37.1 Å². The molecule has 2 aromatic heterocycles. The van der Waals surface area contributed by atoms with Gasteiger partial charge in [-0.3, -0.25) is 5.32 Å². The SMILES string of the molecule is C=C(c1ncccn1)c1nc(NC(=O)NCC)[nH]c1C. The highest BCUT2D eigenvalue weighted by Crippen LogP contribution is 2.21. The van der Waals surface area contributed by atoms with E-state index in [-0.39, 0.29) is 6.03 Å². The fourth-order valence-corrected chi connectivity index (χ4v) is 1.69. The van der Waals surface area contributed by atoms with Crippen LogP contribution >= 0.6 is 0 Å². The normalized spacial score (nSPS) is 10.1. The molecule has 2 aromatic rings. The first-order chi connectivity index (χ1) is 9.61. The van der Waals surface area contributed by atoms with E-state index in [1.54, 1.807) is 18.5 Å². The zero-order chi connectivity index (χ0) is 14.5. The number of nitrogens with zero attached hydrogens (tertiary/aromatic N) is 3. The zero-order valence-corrected chi connectivity index (χ0v) is 11.4. The van der Waals surface area contributed by atoms with Gasteiger partial charge in [-0.05, 0) is 19.9 Å². The number of rotatable bonds is 4. The largest absolute Gasteiger partial charge is 0.338 e. The average Bonchev–Trinajstić information content (AvgIpc) is 2.80. The molecular formula is C13H16N6O. The highest BCUT2D eigenvalue weighted by Gasteiger charge is 2.14. The number of imidazole rings is 1. The molecule has 0 aliphatic carbocycles. The van der Waals surface area contributed by atoms with Gasteiger partial charge in [0.25, 0.3) is 0 Å². The van der Waals surface area contributed by atoms with Gasteiger partial charge in [0.15, 0.2) is 5.82 Å². The summed E-state index contributed by atoms with van der Waals surface area (Å²) in [6.07, 6.45) is 3.28. The Bertz CT molecular complexity index is 619. The van der Waals surface area contributed by atoms with Gasteiger partial charge in [-0.2, -0.15) is 0 Å². The second-order valence-electron chi connectivity index (χ2n) is 4.09. The van der Waals surface area contributed by atoms with E-state index < -0.39 is 0 Å². The minimum Gasteiger partial charge on any atom is -0.338 e. The van der Waals surface area contributed by atoms with Crippen molar-refractivity contribution < 1.29 is 4.79 Å². The second-order valence-corrected chi connectivity index (χ2v) is 4.09. The molecule has 2 rings (SSSR count). The molecule has 20 heavy (non-hydrogen) atoms. The van der Waals surface area contributed by atoms with E-state index in [0.29, 0.717) is 29.6 Å². The van der Waals surface area contributed by atoms with Gasteiger partial charge in [0, 0.05) is 30.2 Å². The van der Waals surface area contributed by atoms with E-state index >= 15 is 0 Å². The second kappa shape index (κ2) is 5.96. The summed E-state index contributed by atoms with van der Waals surface area (Å²) in [5.74, 6) is 0.868. The molecule has 0 spiro atoms. The molecule has 7 heteroatoms. The predicted octanol–water partition coefficient (Wildman–Crippen LogP) is 1.71. The van der Waals surface area contributed by atoms with Gasteiger partial charge in [0.05, 0.1) is 5.69 Å². The van der Waals surface area contributed by atoms with Crippen molar-refractivity contribution >= 4 is 17.6 Å². The Balaban J connectivity index is 2.19. The smallest absolute Gasteiger partial charge is 0.321 e. The van der Waals surface area contributed by atoms with Crippen LogP contribution in [-0.2, 0) is 0 Å². The summed E-state index contributed by atoms with van der Waals surface area (Å²) >= 11 is 0. The average molecular weight is 272 g/mol. The molecule has 7 nitrogen and oxygen atoms in total. The monoisotopic (exact) mass is 272 g/mol. The molecule has 0 aromatic carbocycles. The van der Waals surface area contributed by atoms with Crippen molar-refractivity contribution in [1.29, 1.82) is 0 Å².